The number of nitrogens with zero attached hydrogens (tertiary/aromatic N) is 1. The van der Waals surface area contributed by atoms with Crippen LogP contribution in [0.25, 0.3) is 0 Å². The Kier molecular flexibility index (Phi) is 4.98. The Bertz CT molecular complexity index is 494. The first-order valence-corrected chi connectivity index (χ1v) is 8.39. The molecule has 0 aliphatic carbocycles. The number of hydrogen-bond donors (Lipinski definition) is 0. The highest BCUT2D eigenvalue weighted by Crippen LogP contribution is 2.21. The minimum Gasteiger partial charge on any atom is -0.491 e. The van der Waals surface area contributed by atoms with Gasteiger partial charge in [0.2, 0.25) is 0 Å². The number of ether oxygens (including phenoxy) is 2. The van der Waals surface area contributed by atoms with Crippen LogP contribution in [0.4, 0.5) is 0 Å². The third-order valence-corrected chi connectivity index (χ3v) is 4.62. The standard InChI is InChI=1S/C18H25NO3/c1-14-5-2-3-11-19(14)18(20)15-7-9-16(10-8-15)22-13-17-6-4-12-21-17/h7-10,14,17H,2-6,11-13H2,1H3/t14-,17+/m0/s1. The van der Waals surface area contributed by atoms with E-state index in [0.29, 0.717) is 12.6 Å². The van der Waals surface area contributed by atoms with Gasteiger partial charge in [0.05, 0.1) is 6.10 Å². The van der Waals surface area contributed by atoms with Crippen molar-refractivity contribution in [3.8, 4) is 5.75 Å². The largest absolute Gasteiger partial charge is 0.491 e. The van der Waals surface area contributed by atoms with Gasteiger partial charge in [0.25, 0.3) is 5.91 Å². The second kappa shape index (κ2) is 7.14. The van der Waals surface area contributed by atoms with Gasteiger partial charge in [-0.15, -0.1) is 0 Å². The maximum absolute atomic E-state index is 12.6. The van der Waals surface area contributed by atoms with Crippen molar-refractivity contribution >= 4 is 5.91 Å². The summed E-state index contributed by atoms with van der Waals surface area (Å²) < 4.78 is 11.3. The molecule has 4 heteroatoms. The van der Waals surface area contributed by atoms with Gasteiger partial charge in [-0.25, -0.2) is 0 Å². The zero-order chi connectivity index (χ0) is 15.4. The molecular weight excluding hydrogens is 278 g/mol. The van der Waals surface area contributed by atoms with Gasteiger partial charge in [-0.05, 0) is 63.3 Å². The van der Waals surface area contributed by atoms with E-state index in [1.807, 2.05) is 29.2 Å². The number of carbonyl (C=O) groups is 1. The lowest BCUT2D eigenvalue weighted by Gasteiger charge is -2.33. The quantitative estimate of drug-likeness (QED) is 0.857. The van der Waals surface area contributed by atoms with Crippen molar-refractivity contribution < 1.29 is 14.3 Å². The van der Waals surface area contributed by atoms with Gasteiger partial charge in [-0.2, -0.15) is 0 Å². The Morgan fingerprint density at radius 1 is 1.23 bits per heavy atom. The first-order valence-electron chi connectivity index (χ1n) is 8.39. The SMILES string of the molecule is C[C@H]1CCCCN1C(=O)c1ccc(OC[C@H]2CCCO2)cc1. The van der Waals surface area contributed by atoms with Crippen molar-refractivity contribution in [2.75, 3.05) is 19.8 Å². The van der Waals surface area contributed by atoms with Gasteiger partial charge < -0.3 is 14.4 Å². The lowest BCUT2D eigenvalue weighted by Crippen LogP contribution is -2.41. The summed E-state index contributed by atoms with van der Waals surface area (Å²) in [7, 11) is 0. The smallest absolute Gasteiger partial charge is 0.254 e. The third-order valence-electron chi connectivity index (χ3n) is 4.62. The van der Waals surface area contributed by atoms with E-state index >= 15 is 0 Å². The first-order chi connectivity index (χ1) is 10.7. The summed E-state index contributed by atoms with van der Waals surface area (Å²) in [6, 6.07) is 7.85. The number of hydrogen-bond acceptors (Lipinski definition) is 3. The molecule has 120 valence electrons. The second-order valence-corrected chi connectivity index (χ2v) is 6.31. The van der Waals surface area contributed by atoms with E-state index < -0.39 is 0 Å². The number of carbonyl (C=O) groups excluding carboxylic acids is 1. The van der Waals surface area contributed by atoms with Gasteiger partial charge in [-0.3, -0.25) is 4.79 Å². The molecule has 0 spiro atoms. The van der Waals surface area contributed by atoms with Crippen molar-refractivity contribution in [1.82, 2.24) is 4.90 Å². The summed E-state index contributed by atoms with van der Waals surface area (Å²) in [6.45, 7) is 4.44. The number of benzene rings is 1. The van der Waals surface area contributed by atoms with Crippen LogP contribution in [0.1, 0.15) is 49.4 Å². The van der Waals surface area contributed by atoms with Crippen LogP contribution >= 0.6 is 0 Å². The summed E-state index contributed by atoms with van der Waals surface area (Å²) in [4.78, 5) is 14.5. The lowest BCUT2D eigenvalue weighted by molar-refractivity contribution is 0.0634. The molecule has 0 unspecified atom stereocenters. The van der Waals surface area contributed by atoms with Crippen molar-refractivity contribution in [3.63, 3.8) is 0 Å². The van der Waals surface area contributed by atoms with Crippen molar-refractivity contribution in [1.29, 1.82) is 0 Å². The van der Waals surface area contributed by atoms with Crippen LogP contribution < -0.4 is 4.74 Å². The van der Waals surface area contributed by atoms with E-state index in [-0.39, 0.29) is 12.0 Å². The molecule has 2 fully saturated rings. The molecule has 2 atom stereocenters. The Hall–Kier alpha value is -1.55. The van der Waals surface area contributed by atoms with Crippen LogP contribution in [-0.2, 0) is 4.74 Å². The van der Waals surface area contributed by atoms with E-state index in [2.05, 4.69) is 6.92 Å². The van der Waals surface area contributed by atoms with E-state index in [0.717, 1.165) is 50.1 Å². The van der Waals surface area contributed by atoms with Crippen LogP contribution in [-0.4, -0.2) is 42.7 Å². The molecule has 22 heavy (non-hydrogen) atoms. The van der Waals surface area contributed by atoms with Crippen molar-refractivity contribution in [3.05, 3.63) is 29.8 Å². The number of likely N-dealkylation sites (tertiary alicyclic amines) is 1. The summed E-state index contributed by atoms with van der Waals surface area (Å²) >= 11 is 0. The monoisotopic (exact) mass is 303 g/mol. The molecule has 2 aliphatic heterocycles. The fourth-order valence-electron chi connectivity index (χ4n) is 3.22. The minimum atomic E-state index is 0.137. The minimum absolute atomic E-state index is 0.137. The number of piperidine rings is 1. The number of rotatable bonds is 4. The molecule has 0 bridgehead atoms. The van der Waals surface area contributed by atoms with Gasteiger partial charge in [-0.1, -0.05) is 0 Å². The maximum atomic E-state index is 12.6. The van der Waals surface area contributed by atoms with Gasteiger partial charge >= 0.3 is 0 Å². The summed E-state index contributed by atoms with van der Waals surface area (Å²) in [5, 5.41) is 0. The lowest BCUT2D eigenvalue weighted by atomic mass is 10.0. The van der Waals surface area contributed by atoms with Crippen molar-refractivity contribution in [2.45, 2.75) is 51.2 Å². The summed E-state index contributed by atoms with van der Waals surface area (Å²) in [5.41, 5.74) is 0.748. The Balaban J connectivity index is 1.57. The molecule has 1 aromatic carbocycles. The van der Waals surface area contributed by atoms with E-state index in [1.165, 1.54) is 6.42 Å². The molecule has 0 saturated carbocycles. The van der Waals surface area contributed by atoms with E-state index in [4.69, 9.17) is 9.47 Å². The normalized spacial score (nSPS) is 25.2. The van der Waals surface area contributed by atoms with E-state index in [1.54, 1.807) is 0 Å². The highest BCUT2D eigenvalue weighted by Gasteiger charge is 2.24. The molecule has 0 radical (unpaired) electrons. The van der Waals surface area contributed by atoms with E-state index in [9.17, 15) is 4.79 Å². The average molecular weight is 303 g/mol. The second-order valence-electron chi connectivity index (χ2n) is 6.31. The molecule has 2 saturated heterocycles. The molecule has 1 amide bonds. The van der Waals surface area contributed by atoms with Gasteiger partial charge in [0, 0.05) is 24.8 Å². The Morgan fingerprint density at radius 2 is 2.05 bits per heavy atom. The summed E-state index contributed by atoms with van der Waals surface area (Å²) in [6.07, 6.45) is 5.85. The highest BCUT2D eigenvalue weighted by molar-refractivity contribution is 5.94. The van der Waals surface area contributed by atoms with Gasteiger partial charge in [0.1, 0.15) is 12.4 Å². The molecule has 0 N–H and O–H groups in total. The first kappa shape index (κ1) is 15.3. The predicted octanol–water partition coefficient (Wildman–Crippen LogP) is 3.26. The molecular formula is C18H25NO3. The molecule has 3 rings (SSSR count). The fraction of sp³-hybridized carbons (Fsp3) is 0.611. The van der Waals surface area contributed by atoms with Crippen molar-refractivity contribution in [2.24, 2.45) is 0 Å². The fourth-order valence-corrected chi connectivity index (χ4v) is 3.22. The maximum Gasteiger partial charge on any atom is 0.254 e. The predicted molar refractivity (Wildman–Crippen MR) is 85.3 cm³/mol. The molecule has 0 aromatic heterocycles. The van der Waals surface area contributed by atoms with Crippen LogP contribution in [0.5, 0.6) is 5.75 Å². The Morgan fingerprint density at radius 3 is 2.73 bits per heavy atom. The topological polar surface area (TPSA) is 38.8 Å². The number of amides is 1. The summed E-state index contributed by atoms with van der Waals surface area (Å²) in [5.74, 6) is 0.941. The zero-order valence-corrected chi connectivity index (χ0v) is 13.3. The van der Waals surface area contributed by atoms with Crippen LogP contribution in [0.2, 0.25) is 0 Å². The molecule has 4 nitrogen and oxygen atoms in total. The molecule has 1 aromatic rings. The third kappa shape index (κ3) is 3.61. The van der Waals surface area contributed by atoms with Crippen LogP contribution in [0, 0.1) is 0 Å². The highest BCUT2D eigenvalue weighted by atomic mass is 16.5. The molecule has 2 aliphatic rings. The zero-order valence-electron chi connectivity index (χ0n) is 13.3. The van der Waals surface area contributed by atoms with Crippen LogP contribution in [0.3, 0.4) is 0 Å². The Labute approximate surface area is 132 Å². The molecule has 2 heterocycles. The van der Waals surface area contributed by atoms with Crippen LogP contribution in [0.15, 0.2) is 24.3 Å². The average Bonchev–Trinajstić information content (AvgIpc) is 3.07. The van der Waals surface area contributed by atoms with Gasteiger partial charge in [0.15, 0.2) is 0 Å².